The lowest BCUT2D eigenvalue weighted by atomic mass is 10.2. The first-order valence-corrected chi connectivity index (χ1v) is 15.4. The minimum atomic E-state index is 0.254. The normalized spacial score (nSPS) is 19.9. The molecule has 3 aliphatic rings. The predicted octanol–water partition coefficient (Wildman–Crippen LogP) is -1.92. The molecule has 4 rings (SSSR count). The number of aliphatic hydroxyl groups excluding tert-OH is 2. The summed E-state index contributed by atoms with van der Waals surface area (Å²) < 4.78 is 0. The summed E-state index contributed by atoms with van der Waals surface area (Å²) in [4.78, 5) is 19.3. The van der Waals surface area contributed by atoms with E-state index in [1.807, 2.05) is 0 Å². The number of nitrogen functional groups attached to an aromatic ring is 1. The molecule has 0 bridgehead atoms. The zero-order valence-electron chi connectivity index (χ0n) is 24.5. The highest BCUT2D eigenvalue weighted by atomic mass is 16.3. The van der Waals surface area contributed by atoms with E-state index in [9.17, 15) is 0 Å². The fourth-order valence-electron chi connectivity index (χ4n) is 5.95. The number of nitrogens with two attached hydrogens (primary N) is 1. The monoisotopic (exact) mass is 562 g/mol. The number of rotatable bonds is 17. The van der Waals surface area contributed by atoms with E-state index in [0.29, 0.717) is 0 Å². The highest BCUT2D eigenvalue weighted by Gasteiger charge is 2.24. The summed E-state index contributed by atoms with van der Waals surface area (Å²) in [6, 6.07) is 2.08. The van der Waals surface area contributed by atoms with Crippen molar-refractivity contribution in [3.63, 3.8) is 0 Å². The predicted molar refractivity (Wildman–Crippen MR) is 163 cm³/mol. The molecule has 228 valence electrons. The fourth-order valence-corrected chi connectivity index (χ4v) is 5.95. The number of anilines is 3. The van der Waals surface area contributed by atoms with Crippen LogP contribution in [0.2, 0.25) is 0 Å². The lowest BCUT2D eigenvalue weighted by Gasteiger charge is -2.38. The number of hydrogen-bond donors (Lipinski definition) is 5. The SMILES string of the molecule is Nc1cnc2c(c1)N(CCNCCCN1CCN(CCO)CC1)CCN2CCNCCN1CCN(CCO)CC1. The van der Waals surface area contributed by atoms with E-state index in [0.717, 1.165) is 155 Å². The van der Waals surface area contributed by atoms with Crippen LogP contribution in [0.25, 0.3) is 0 Å². The van der Waals surface area contributed by atoms with E-state index < -0.39 is 0 Å². The molecule has 0 unspecified atom stereocenters. The zero-order chi connectivity index (χ0) is 28.0. The molecule has 0 saturated carbocycles. The van der Waals surface area contributed by atoms with Crippen LogP contribution in [0.4, 0.5) is 17.2 Å². The molecule has 40 heavy (non-hydrogen) atoms. The van der Waals surface area contributed by atoms with E-state index in [-0.39, 0.29) is 13.2 Å². The minimum absolute atomic E-state index is 0.254. The van der Waals surface area contributed by atoms with Gasteiger partial charge in [0, 0.05) is 118 Å². The molecule has 1 aromatic heterocycles. The summed E-state index contributed by atoms with van der Waals surface area (Å²) in [5.74, 6) is 1.04. The number of piperazine rings is 2. The Balaban J connectivity index is 1.10. The average molecular weight is 563 g/mol. The van der Waals surface area contributed by atoms with Crippen molar-refractivity contribution < 1.29 is 10.2 Å². The second kappa shape index (κ2) is 17.2. The van der Waals surface area contributed by atoms with Crippen molar-refractivity contribution in [3.8, 4) is 0 Å². The molecule has 0 aliphatic carbocycles. The Morgan fingerprint density at radius 1 is 0.625 bits per heavy atom. The molecule has 0 radical (unpaired) electrons. The molecule has 0 atom stereocenters. The summed E-state index contributed by atoms with van der Waals surface area (Å²) in [6.45, 7) is 20.7. The van der Waals surface area contributed by atoms with Gasteiger partial charge in [0.1, 0.15) is 0 Å². The summed E-state index contributed by atoms with van der Waals surface area (Å²) in [7, 11) is 0. The van der Waals surface area contributed by atoms with Gasteiger partial charge in [0.2, 0.25) is 0 Å². The van der Waals surface area contributed by atoms with Crippen LogP contribution in [0, 0.1) is 0 Å². The van der Waals surface area contributed by atoms with Crippen LogP contribution in [0.5, 0.6) is 0 Å². The topological polar surface area (TPSA) is 123 Å². The van der Waals surface area contributed by atoms with Gasteiger partial charge in [0.05, 0.1) is 30.8 Å². The third-order valence-corrected chi connectivity index (χ3v) is 8.46. The molecular formula is C28H54N10O2. The first-order chi connectivity index (χ1) is 19.7. The number of pyridine rings is 1. The molecule has 0 aromatic carbocycles. The van der Waals surface area contributed by atoms with Crippen molar-refractivity contribution in [3.05, 3.63) is 12.3 Å². The van der Waals surface area contributed by atoms with Crippen molar-refractivity contribution in [2.75, 3.05) is 160 Å². The van der Waals surface area contributed by atoms with Gasteiger partial charge < -0.3 is 41.3 Å². The van der Waals surface area contributed by atoms with Gasteiger partial charge in [-0.1, -0.05) is 0 Å². The minimum Gasteiger partial charge on any atom is -0.397 e. The van der Waals surface area contributed by atoms with Gasteiger partial charge in [-0.15, -0.1) is 0 Å². The average Bonchev–Trinajstić information content (AvgIpc) is 2.97. The molecule has 3 aliphatic heterocycles. The van der Waals surface area contributed by atoms with Crippen LogP contribution in [0.3, 0.4) is 0 Å². The fraction of sp³-hybridized carbons (Fsp3) is 0.821. The second-order valence-corrected chi connectivity index (χ2v) is 11.3. The van der Waals surface area contributed by atoms with Crippen LogP contribution in [0.1, 0.15) is 6.42 Å². The summed E-state index contributed by atoms with van der Waals surface area (Å²) in [6.07, 6.45) is 2.94. The Hall–Kier alpha value is -1.77. The first kappa shape index (κ1) is 31.2. The standard InChI is InChI=1S/C28H54N10O2/c29-26-24-27-28(32-25-26)38(9-5-31-3-7-34-12-16-36(17-13-34)21-23-40)19-18-37(27)8-4-30-2-1-6-33-10-14-35(15-11-33)20-22-39/h24-25,30-31,39-40H,1-23,29H2. The van der Waals surface area contributed by atoms with E-state index in [4.69, 9.17) is 20.9 Å². The van der Waals surface area contributed by atoms with Gasteiger partial charge in [-0.25, -0.2) is 4.98 Å². The van der Waals surface area contributed by atoms with Crippen molar-refractivity contribution in [2.45, 2.75) is 6.42 Å². The van der Waals surface area contributed by atoms with Crippen molar-refractivity contribution in [1.82, 2.24) is 35.2 Å². The van der Waals surface area contributed by atoms with Gasteiger partial charge in [0.25, 0.3) is 0 Å². The maximum Gasteiger partial charge on any atom is 0.152 e. The smallest absolute Gasteiger partial charge is 0.152 e. The maximum absolute atomic E-state index is 9.11. The van der Waals surface area contributed by atoms with E-state index in [2.05, 4.69) is 46.1 Å². The lowest BCUT2D eigenvalue weighted by molar-refractivity contribution is 0.112. The van der Waals surface area contributed by atoms with Crippen LogP contribution in [0.15, 0.2) is 12.3 Å². The Kier molecular flexibility index (Phi) is 13.4. The van der Waals surface area contributed by atoms with Gasteiger partial charge in [0.15, 0.2) is 5.82 Å². The molecular weight excluding hydrogens is 508 g/mol. The number of β-amino-alcohol motifs (C(OH)–C–C–N with tert-alkyl or cyclic N) is 2. The Labute approximate surface area is 241 Å². The van der Waals surface area contributed by atoms with Crippen molar-refractivity contribution >= 4 is 17.2 Å². The van der Waals surface area contributed by atoms with Gasteiger partial charge in [-0.2, -0.15) is 0 Å². The van der Waals surface area contributed by atoms with Crippen LogP contribution < -0.4 is 26.2 Å². The number of nitrogens with one attached hydrogen (secondary N) is 2. The Morgan fingerprint density at radius 2 is 1.12 bits per heavy atom. The molecule has 6 N–H and O–H groups in total. The van der Waals surface area contributed by atoms with Gasteiger partial charge in [-0.3, -0.25) is 14.7 Å². The number of aromatic nitrogens is 1. The molecule has 12 nitrogen and oxygen atoms in total. The molecule has 0 spiro atoms. The summed E-state index contributed by atoms with van der Waals surface area (Å²) >= 11 is 0. The molecule has 2 saturated heterocycles. The molecule has 12 heteroatoms. The summed E-state index contributed by atoms with van der Waals surface area (Å²) in [5.41, 5.74) is 8.01. The Bertz CT molecular complexity index is 833. The molecule has 1 aromatic rings. The third kappa shape index (κ3) is 9.95. The highest BCUT2D eigenvalue weighted by molar-refractivity contribution is 5.72. The molecule has 4 heterocycles. The highest BCUT2D eigenvalue weighted by Crippen LogP contribution is 2.32. The van der Waals surface area contributed by atoms with Gasteiger partial charge >= 0.3 is 0 Å². The summed E-state index contributed by atoms with van der Waals surface area (Å²) in [5, 5.41) is 25.5. The van der Waals surface area contributed by atoms with E-state index in [1.54, 1.807) is 6.20 Å². The molecule has 2 fully saturated rings. The largest absolute Gasteiger partial charge is 0.397 e. The second-order valence-electron chi connectivity index (χ2n) is 11.3. The number of hydrogen-bond acceptors (Lipinski definition) is 12. The van der Waals surface area contributed by atoms with Crippen LogP contribution in [-0.2, 0) is 0 Å². The van der Waals surface area contributed by atoms with Gasteiger partial charge in [-0.05, 0) is 25.6 Å². The van der Waals surface area contributed by atoms with E-state index in [1.165, 1.54) is 0 Å². The molecule has 0 amide bonds. The number of nitrogens with zero attached hydrogens (tertiary/aromatic N) is 7. The zero-order valence-corrected chi connectivity index (χ0v) is 24.5. The first-order valence-electron chi connectivity index (χ1n) is 15.4. The lowest BCUT2D eigenvalue weighted by Crippen LogP contribution is -2.49. The number of fused-ring (bicyclic) bond motifs is 1. The van der Waals surface area contributed by atoms with Crippen molar-refractivity contribution in [1.29, 1.82) is 0 Å². The van der Waals surface area contributed by atoms with E-state index >= 15 is 0 Å². The van der Waals surface area contributed by atoms with Crippen LogP contribution in [-0.4, -0.2) is 179 Å². The van der Waals surface area contributed by atoms with Crippen molar-refractivity contribution in [2.24, 2.45) is 0 Å². The van der Waals surface area contributed by atoms with Crippen LogP contribution >= 0.6 is 0 Å². The Morgan fingerprint density at radius 3 is 1.75 bits per heavy atom. The third-order valence-electron chi connectivity index (χ3n) is 8.46. The number of aliphatic hydroxyl groups is 2. The quantitative estimate of drug-likeness (QED) is 0.136. The maximum atomic E-state index is 9.11.